The molecule has 10 heteroatoms. The molecule has 3 aromatic carbocycles. The maximum Gasteiger partial charge on any atom is 0.420 e. The molecule has 202 valence electrons. The summed E-state index contributed by atoms with van der Waals surface area (Å²) in [6, 6.07) is 14.1. The lowest BCUT2D eigenvalue weighted by atomic mass is 9.97. The van der Waals surface area contributed by atoms with E-state index >= 15 is 0 Å². The van der Waals surface area contributed by atoms with Gasteiger partial charge in [0.15, 0.2) is 11.4 Å². The lowest BCUT2D eigenvalue weighted by Crippen LogP contribution is -2.17. The summed E-state index contributed by atoms with van der Waals surface area (Å²) < 4.78 is 63.5. The van der Waals surface area contributed by atoms with Gasteiger partial charge in [-0.05, 0) is 72.0 Å². The molecule has 5 rings (SSSR count). The van der Waals surface area contributed by atoms with Gasteiger partial charge in [0.25, 0.3) is 0 Å². The highest BCUT2D eigenvalue weighted by Gasteiger charge is 2.35. The molecule has 0 unspecified atom stereocenters. The van der Waals surface area contributed by atoms with Crippen molar-refractivity contribution in [2.45, 2.75) is 33.0 Å². The second-order valence-corrected chi connectivity index (χ2v) is 9.90. The maximum absolute atomic E-state index is 14.2. The Hall–Kier alpha value is -4.05. The summed E-state index contributed by atoms with van der Waals surface area (Å²) in [6.45, 7) is 5.18. The zero-order valence-corrected chi connectivity index (χ0v) is 21.7. The van der Waals surface area contributed by atoms with Gasteiger partial charge in [-0.25, -0.2) is 9.37 Å². The maximum atomic E-state index is 14.2. The van der Waals surface area contributed by atoms with E-state index in [-0.39, 0.29) is 17.0 Å². The van der Waals surface area contributed by atoms with Crippen molar-refractivity contribution in [1.82, 2.24) is 25.1 Å². The normalized spacial score (nSPS) is 12.1. The van der Waals surface area contributed by atoms with Crippen molar-refractivity contribution in [2.24, 2.45) is 13.0 Å². The number of hydrogen-bond acceptors (Lipinski definition) is 5. The summed E-state index contributed by atoms with van der Waals surface area (Å²) in [4.78, 5) is 4.43. The van der Waals surface area contributed by atoms with Crippen LogP contribution in [0.3, 0.4) is 0 Å². The van der Waals surface area contributed by atoms with Gasteiger partial charge < -0.3 is 14.3 Å². The summed E-state index contributed by atoms with van der Waals surface area (Å²) in [5.41, 5.74) is 1.82. The molecule has 0 aliphatic rings. The van der Waals surface area contributed by atoms with Crippen LogP contribution in [0.1, 0.15) is 31.4 Å². The van der Waals surface area contributed by atoms with E-state index in [1.54, 1.807) is 41.9 Å². The molecule has 2 aromatic heterocycles. The van der Waals surface area contributed by atoms with Crippen molar-refractivity contribution in [2.75, 3.05) is 6.54 Å². The Bertz CT molecular complexity index is 1620. The fourth-order valence-electron chi connectivity index (χ4n) is 4.45. The van der Waals surface area contributed by atoms with E-state index in [2.05, 4.69) is 34.3 Å². The average molecular weight is 538 g/mol. The fraction of sp³-hybridized carbons (Fsp3) is 0.276. The van der Waals surface area contributed by atoms with Crippen LogP contribution in [0.25, 0.3) is 45.1 Å². The summed E-state index contributed by atoms with van der Waals surface area (Å²) in [5.74, 6) is 0.595. The Morgan fingerprint density at radius 3 is 2.51 bits per heavy atom. The van der Waals surface area contributed by atoms with Gasteiger partial charge in [-0.2, -0.15) is 13.2 Å². The van der Waals surface area contributed by atoms with Crippen molar-refractivity contribution in [3.8, 4) is 34.0 Å². The number of benzene rings is 3. The monoisotopic (exact) mass is 537 g/mol. The second-order valence-electron chi connectivity index (χ2n) is 9.90. The van der Waals surface area contributed by atoms with Crippen LogP contribution in [0, 0.1) is 11.7 Å². The molecule has 0 radical (unpaired) electrons. The summed E-state index contributed by atoms with van der Waals surface area (Å²) in [5, 5.41) is 11.2. The first kappa shape index (κ1) is 26.6. The number of aromatic nitrogens is 4. The SMILES string of the molecule is CC(C)CCNCc1cc(C(F)(F)F)c2oc(-c3cccc(-c4ccc(F)cc4-c4nncn4C)c3)nc2c1. The molecule has 6 nitrogen and oxygen atoms in total. The van der Waals surface area contributed by atoms with Crippen LogP contribution in [0.5, 0.6) is 0 Å². The molecule has 1 N–H and O–H groups in total. The van der Waals surface area contributed by atoms with E-state index in [1.807, 2.05) is 6.07 Å². The molecule has 39 heavy (non-hydrogen) atoms. The number of nitrogens with one attached hydrogen (secondary N) is 1. The Balaban J connectivity index is 1.54. The molecule has 2 heterocycles. The molecule has 0 spiro atoms. The molecule has 0 fully saturated rings. The van der Waals surface area contributed by atoms with Crippen LogP contribution < -0.4 is 5.32 Å². The number of alkyl halides is 3. The van der Waals surface area contributed by atoms with E-state index < -0.39 is 17.6 Å². The molecule has 0 atom stereocenters. The van der Waals surface area contributed by atoms with E-state index in [0.717, 1.165) is 12.5 Å². The van der Waals surface area contributed by atoms with Crippen LogP contribution in [-0.4, -0.2) is 26.3 Å². The Morgan fingerprint density at radius 2 is 1.79 bits per heavy atom. The molecule has 0 amide bonds. The lowest BCUT2D eigenvalue weighted by molar-refractivity contribution is -0.136. The number of aryl methyl sites for hydroxylation is 1. The first-order chi connectivity index (χ1) is 18.6. The third kappa shape index (κ3) is 5.70. The van der Waals surface area contributed by atoms with Crippen molar-refractivity contribution < 1.29 is 22.0 Å². The van der Waals surface area contributed by atoms with Gasteiger partial charge in [-0.15, -0.1) is 10.2 Å². The van der Waals surface area contributed by atoms with E-state index in [1.165, 1.54) is 18.5 Å². The quantitative estimate of drug-likeness (QED) is 0.167. The van der Waals surface area contributed by atoms with Crippen LogP contribution in [0.4, 0.5) is 17.6 Å². The largest absolute Gasteiger partial charge is 0.435 e. The molecule has 5 aromatic rings. The number of nitrogens with zero attached hydrogens (tertiary/aromatic N) is 4. The molecular formula is C29H27F4N5O. The highest BCUT2D eigenvalue weighted by Crippen LogP contribution is 2.39. The van der Waals surface area contributed by atoms with Gasteiger partial charge in [0, 0.05) is 24.7 Å². The number of halogens is 4. The Labute approximate surface area is 222 Å². The van der Waals surface area contributed by atoms with Crippen LogP contribution in [0.15, 0.2) is 65.3 Å². The van der Waals surface area contributed by atoms with Crippen molar-refractivity contribution in [3.63, 3.8) is 0 Å². The fourth-order valence-corrected chi connectivity index (χ4v) is 4.45. The number of hydrogen-bond donors (Lipinski definition) is 1. The molecule has 0 saturated carbocycles. The van der Waals surface area contributed by atoms with Gasteiger partial charge in [0.1, 0.15) is 23.2 Å². The first-order valence-corrected chi connectivity index (χ1v) is 12.6. The third-order valence-electron chi connectivity index (χ3n) is 6.44. The van der Waals surface area contributed by atoms with E-state index in [4.69, 9.17) is 4.42 Å². The second kappa shape index (κ2) is 10.6. The molecule has 0 saturated heterocycles. The van der Waals surface area contributed by atoms with Gasteiger partial charge in [-0.1, -0.05) is 32.0 Å². The van der Waals surface area contributed by atoms with Crippen molar-refractivity contribution in [1.29, 1.82) is 0 Å². The molecular weight excluding hydrogens is 510 g/mol. The standard InChI is InChI=1S/C29H27F4N5O/c1-17(2)9-10-34-15-18-11-24(29(31,32)33)26-25(12-18)36-28(39-26)20-6-4-5-19(13-20)22-8-7-21(30)14-23(22)27-37-35-16-38(27)3/h4-8,11-14,16-17,34H,9-10,15H2,1-3H3. The van der Waals surface area contributed by atoms with Gasteiger partial charge in [0.05, 0.1) is 0 Å². The van der Waals surface area contributed by atoms with E-state index in [9.17, 15) is 17.6 Å². The Kier molecular flexibility index (Phi) is 7.22. The minimum absolute atomic E-state index is 0.0598. The smallest absolute Gasteiger partial charge is 0.420 e. The molecule has 0 bridgehead atoms. The zero-order valence-electron chi connectivity index (χ0n) is 21.7. The predicted octanol–water partition coefficient (Wildman–Crippen LogP) is 7.25. The minimum atomic E-state index is -4.61. The summed E-state index contributed by atoms with van der Waals surface area (Å²) in [6.07, 6.45) is -2.17. The Morgan fingerprint density at radius 1 is 1.00 bits per heavy atom. The molecule has 0 aliphatic carbocycles. The van der Waals surface area contributed by atoms with Crippen LogP contribution >= 0.6 is 0 Å². The summed E-state index contributed by atoms with van der Waals surface area (Å²) in [7, 11) is 1.76. The van der Waals surface area contributed by atoms with Crippen LogP contribution in [-0.2, 0) is 19.8 Å². The van der Waals surface area contributed by atoms with Gasteiger partial charge in [-0.3, -0.25) is 0 Å². The zero-order chi connectivity index (χ0) is 27.7. The van der Waals surface area contributed by atoms with E-state index in [0.29, 0.717) is 52.6 Å². The van der Waals surface area contributed by atoms with Gasteiger partial charge >= 0.3 is 6.18 Å². The number of rotatable bonds is 8. The van der Waals surface area contributed by atoms with Gasteiger partial charge in [0.2, 0.25) is 5.89 Å². The number of fused-ring (bicyclic) bond motifs is 1. The highest BCUT2D eigenvalue weighted by atomic mass is 19.4. The van der Waals surface area contributed by atoms with Crippen molar-refractivity contribution in [3.05, 3.63) is 77.9 Å². The highest BCUT2D eigenvalue weighted by molar-refractivity contribution is 5.84. The lowest BCUT2D eigenvalue weighted by Gasteiger charge is -2.11. The van der Waals surface area contributed by atoms with Crippen LogP contribution in [0.2, 0.25) is 0 Å². The average Bonchev–Trinajstić information content (AvgIpc) is 3.51. The predicted molar refractivity (Wildman–Crippen MR) is 141 cm³/mol. The van der Waals surface area contributed by atoms with Crippen molar-refractivity contribution >= 4 is 11.1 Å². The first-order valence-electron chi connectivity index (χ1n) is 12.6. The molecule has 0 aliphatic heterocycles. The number of oxazole rings is 1. The topological polar surface area (TPSA) is 68.8 Å². The minimum Gasteiger partial charge on any atom is -0.435 e. The third-order valence-corrected chi connectivity index (χ3v) is 6.44. The summed E-state index contributed by atoms with van der Waals surface area (Å²) >= 11 is 0.